The maximum atomic E-state index is 9.55. The van der Waals surface area contributed by atoms with E-state index in [0.717, 1.165) is 44.7 Å². The van der Waals surface area contributed by atoms with Crippen LogP contribution in [-0.2, 0) is 19.5 Å². The molecule has 0 saturated heterocycles. The Morgan fingerprint density at radius 2 is 1.96 bits per heavy atom. The van der Waals surface area contributed by atoms with Crippen molar-refractivity contribution in [3.8, 4) is 6.07 Å². The highest BCUT2D eigenvalue weighted by molar-refractivity contribution is 5.94. The van der Waals surface area contributed by atoms with Gasteiger partial charge in [-0.2, -0.15) is 5.26 Å². The molecule has 138 valence electrons. The number of nitriles is 1. The first-order valence-corrected chi connectivity index (χ1v) is 9.86. The third-order valence-electron chi connectivity index (χ3n) is 5.88. The van der Waals surface area contributed by atoms with Crippen molar-refractivity contribution < 1.29 is 0 Å². The number of rotatable bonds is 4. The van der Waals surface area contributed by atoms with Crippen LogP contribution in [-0.4, -0.2) is 16.1 Å². The van der Waals surface area contributed by atoms with E-state index in [1.165, 1.54) is 33.3 Å². The SMILES string of the molecule is CCCCn1c(C)c(C)c2cc(C#N)nc(N3CCc4ccccc4C3)c21. The van der Waals surface area contributed by atoms with Gasteiger partial charge in [0, 0.05) is 30.7 Å². The van der Waals surface area contributed by atoms with Crippen molar-refractivity contribution in [1.82, 2.24) is 9.55 Å². The lowest BCUT2D eigenvalue weighted by Gasteiger charge is -2.30. The quantitative estimate of drug-likeness (QED) is 0.667. The number of benzene rings is 1. The predicted octanol–water partition coefficient (Wildman–Crippen LogP) is 4.89. The molecule has 1 aliphatic heterocycles. The molecular weight excluding hydrogens is 332 g/mol. The second kappa shape index (κ2) is 7.08. The summed E-state index contributed by atoms with van der Waals surface area (Å²) in [4.78, 5) is 7.14. The highest BCUT2D eigenvalue weighted by Gasteiger charge is 2.23. The Bertz CT molecular complexity index is 1040. The number of anilines is 1. The van der Waals surface area contributed by atoms with Gasteiger partial charge in [-0.25, -0.2) is 4.98 Å². The zero-order valence-corrected chi connectivity index (χ0v) is 16.4. The predicted molar refractivity (Wildman–Crippen MR) is 110 cm³/mol. The van der Waals surface area contributed by atoms with Gasteiger partial charge in [0.2, 0.25) is 0 Å². The highest BCUT2D eigenvalue weighted by Crippen LogP contribution is 2.35. The largest absolute Gasteiger partial charge is 0.350 e. The molecule has 0 N–H and O–H groups in total. The van der Waals surface area contributed by atoms with Gasteiger partial charge in [-0.1, -0.05) is 37.6 Å². The smallest absolute Gasteiger partial charge is 0.155 e. The van der Waals surface area contributed by atoms with Crippen LogP contribution in [0.4, 0.5) is 5.82 Å². The van der Waals surface area contributed by atoms with E-state index in [1.54, 1.807) is 0 Å². The molecule has 1 aromatic carbocycles. The Morgan fingerprint density at radius 1 is 1.19 bits per heavy atom. The molecule has 4 nitrogen and oxygen atoms in total. The minimum absolute atomic E-state index is 0.507. The number of hydrogen-bond acceptors (Lipinski definition) is 3. The lowest BCUT2D eigenvalue weighted by Crippen LogP contribution is -2.31. The van der Waals surface area contributed by atoms with Gasteiger partial charge < -0.3 is 9.47 Å². The molecule has 0 amide bonds. The summed E-state index contributed by atoms with van der Waals surface area (Å²) in [5.74, 6) is 0.964. The lowest BCUT2D eigenvalue weighted by molar-refractivity contribution is 0.633. The van der Waals surface area contributed by atoms with E-state index in [9.17, 15) is 5.26 Å². The number of nitrogens with zero attached hydrogens (tertiary/aromatic N) is 4. The van der Waals surface area contributed by atoms with Crippen LogP contribution in [0.1, 0.15) is 47.8 Å². The average Bonchev–Trinajstić information content (AvgIpc) is 2.95. The van der Waals surface area contributed by atoms with Crippen LogP contribution >= 0.6 is 0 Å². The van der Waals surface area contributed by atoms with Gasteiger partial charge in [0.05, 0.1) is 5.52 Å². The summed E-state index contributed by atoms with van der Waals surface area (Å²) < 4.78 is 2.41. The molecule has 0 spiro atoms. The summed E-state index contributed by atoms with van der Waals surface area (Å²) in [6, 6.07) is 12.9. The molecular formula is C23H26N4. The normalized spacial score (nSPS) is 13.6. The number of aromatic nitrogens is 2. The zero-order chi connectivity index (χ0) is 19.0. The van der Waals surface area contributed by atoms with E-state index in [0.29, 0.717) is 5.69 Å². The Hall–Kier alpha value is -2.80. The van der Waals surface area contributed by atoms with Crippen LogP contribution in [0.25, 0.3) is 10.9 Å². The minimum atomic E-state index is 0.507. The molecule has 0 atom stereocenters. The van der Waals surface area contributed by atoms with E-state index in [1.807, 2.05) is 6.07 Å². The topological polar surface area (TPSA) is 44.9 Å². The highest BCUT2D eigenvalue weighted by atomic mass is 15.2. The van der Waals surface area contributed by atoms with E-state index in [2.05, 4.69) is 60.6 Å². The van der Waals surface area contributed by atoms with E-state index in [4.69, 9.17) is 4.98 Å². The third kappa shape index (κ3) is 2.98. The molecule has 1 aliphatic rings. The van der Waals surface area contributed by atoms with Crippen LogP contribution in [0, 0.1) is 25.2 Å². The van der Waals surface area contributed by atoms with Crippen molar-refractivity contribution >= 4 is 16.7 Å². The van der Waals surface area contributed by atoms with Gasteiger partial charge in [-0.05, 0) is 49.4 Å². The number of unbranched alkanes of at least 4 members (excludes halogenated alkanes) is 1. The molecule has 0 radical (unpaired) electrons. The summed E-state index contributed by atoms with van der Waals surface area (Å²) in [5, 5.41) is 10.7. The van der Waals surface area contributed by atoms with E-state index in [-0.39, 0.29) is 0 Å². The third-order valence-corrected chi connectivity index (χ3v) is 5.88. The monoisotopic (exact) mass is 358 g/mol. The Morgan fingerprint density at radius 3 is 2.70 bits per heavy atom. The van der Waals surface area contributed by atoms with Crippen molar-refractivity contribution in [3.05, 3.63) is 58.4 Å². The standard InChI is InChI=1S/C23H26N4/c1-4-5-11-27-17(3)16(2)21-13-20(14-24)25-23(22(21)27)26-12-10-18-8-6-7-9-19(18)15-26/h6-9,13H,4-5,10-12,15H2,1-3H3. The van der Waals surface area contributed by atoms with Gasteiger partial charge in [-0.15, -0.1) is 0 Å². The van der Waals surface area contributed by atoms with Crippen molar-refractivity contribution in [1.29, 1.82) is 5.26 Å². The average molecular weight is 358 g/mol. The summed E-state index contributed by atoms with van der Waals surface area (Å²) in [7, 11) is 0. The van der Waals surface area contributed by atoms with Crippen molar-refractivity contribution in [2.24, 2.45) is 0 Å². The van der Waals surface area contributed by atoms with Crippen LogP contribution in [0.15, 0.2) is 30.3 Å². The summed E-state index contributed by atoms with van der Waals surface area (Å²) >= 11 is 0. The first-order valence-electron chi connectivity index (χ1n) is 9.86. The molecule has 2 aromatic heterocycles. The summed E-state index contributed by atoms with van der Waals surface area (Å²) in [6.45, 7) is 9.36. The molecule has 3 heterocycles. The van der Waals surface area contributed by atoms with Crippen molar-refractivity contribution in [3.63, 3.8) is 0 Å². The molecule has 0 saturated carbocycles. The maximum absolute atomic E-state index is 9.55. The zero-order valence-electron chi connectivity index (χ0n) is 16.4. The van der Waals surface area contributed by atoms with Crippen LogP contribution in [0.5, 0.6) is 0 Å². The number of hydrogen-bond donors (Lipinski definition) is 0. The molecule has 0 fully saturated rings. The number of aryl methyl sites for hydroxylation is 2. The van der Waals surface area contributed by atoms with Crippen molar-refractivity contribution in [2.75, 3.05) is 11.4 Å². The van der Waals surface area contributed by atoms with Gasteiger partial charge >= 0.3 is 0 Å². The maximum Gasteiger partial charge on any atom is 0.155 e. The molecule has 0 bridgehead atoms. The first kappa shape index (κ1) is 17.6. The van der Waals surface area contributed by atoms with Crippen LogP contribution in [0.3, 0.4) is 0 Å². The van der Waals surface area contributed by atoms with Gasteiger partial charge in [0.25, 0.3) is 0 Å². The number of pyridine rings is 1. The van der Waals surface area contributed by atoms with E-state index >= 15 is 0 Å². The van der Waals surface area contributed by atoms with Crippen molar-refractivity contribution in [2.45, 2.75) is 53.1 Å². The molecule has 0 unspecified atom stereocenters. The van der Waals surface area contributed by atoms with Crippen LogP contribution < -0.4 is 4.90 Å². The van der Waals surface area contributed by atoms with Gasteiger partial charge in [0.1, 0.15) is 11.8 Å². The molecule has 4 heteroatoms. The Kier molecular flexibility index (Phi) is 4.61. The fourth-order valence-corrected chi connectivity index (χ4v) is 4.19. The molecule has 27 heavy (non-hydrogen) atoms. The molecule has 4 rings (SSSR count). The fourth-order valence-electron chi connectivity index (χ4n) is 4.19. The van der Waals surface area contributed by atoms with Gasteiger partial charge in [-0.3, -0.25) is 0 Å². The summed E-state index contributed by atoms with van der Waals surface area (Å²) in [6.07, 6.45) is 3.32. The fraction of sp³-hybridized carbons (Fsp3) is 0.391. The van der Waals surface area contributed by atoms with Crippen LogP contribution in [0.2, 0.25) is 0 Å². The number of fused-ring (bicyclic) bond motifs is 2. The second-order valence-electron chi connectivity index (χ2n) is 7.49. The van der Waals surface area contributed by atoms with E-state index < -0.39 is 0 Å². The lowest BCUT2D eigenvalue weighted by atomic mass is 10.00. The second-order valence-corrected chi connectivity index (χ2v) is 7.49. The van der Waals surface area contributed by atoms with Gasteiger partial charge in [0.15, 0.2) is 5.82 Å². The Labute approximate surface area is 161 Å². The molecule has 0 aliphatic carbocycles. The summed E-state index contributed by atoms with van der Waals surface area (Å²) in [5.41, 5.74) is 7.04. The Balaban J connectivity index is 1.89. The molecule has 3 aromatic rings. The minimum Gasteiger partial charge on any atom is -0.350 e. The first-order chi connectivity index (χ1) is 13.1.